The standard InChI is InChI=1S/C24H34N2O3S.Na/c1-2-3-4-5-6-7-8-12-18-23-25-21-16-13-17-22(30(27,28)29)24(21)26(23)19-20-14-10-9-11-15-20;/h9-11,13-17,23,25H,2-8,12,18-19H2,1H3,(H,27,28,29);/q;+1/p-1. The van der Waals surface area contributed by atoms with Crippen molar-refractivity contribution in [3.8, 4) is 0 Å². The summed E-state index contributed by atoms with van der Waals surface area (Å²) in [7, 11) is -4.55. The molecule has 0 spiro atoms. The van der Waals surface area contributed by atoms with E-state index >= 15 is 0 Å². The predicted molar refractivity (Wildman–Crippen MR) is 122 cm³/mol. The molecule has 1 heterocycles. The van der Waals surface area contributed by atoms with Crippen molar-refractivity contribution in [2.75, 3.05) is 10.2 Å². The number of hydrogen-bond acceptors (Lipinski definition) is 5. The van der Waals surface area contributed by atoms with Gasteiger partial charge in [0.05, 0.1) is 22.4 Å². The van der Waals surface area contributed by atoms with Crippen LogP contribution in [-0.4, -0.2) is 19.1 Å². The van der Waals surface area contributed by atoms with Crippen molar-refractivity contribution in [1.82, 2.24) is 0 Å². The van der Waals surface area contributed by atoms with Gasteiger partial charge in [0.15, 0.2) is 0 Å². The molecule has 2 aromatic rings. The maximum Gasteiger partial charge on any atom is 1.00 e. The van der Waals surface area contributed by atoms with Crippen molar-refractivity contribution < 1.29 is 42.5 Å². The second-order valence-electron chi connectivity index (χ2n) is 8.14. The van der Waals surface area contributed by atoms with Gasteiger partial charge in [-0.25, -0.2) is 8.42 Å². The van der Waals surface area contributed by atoms with E-state index in [1.54, 1.807) is 6.07 Å². The summed E-state index contributed by atoms with van der Waals surface area (Å²) in [6, 6.07) is 14.9. The Morgan fingerprint density at radius 3 is 2.19 bits per heavy atom. The molecule has 2 aromatic carbocycles. The number of fused-ring (bicyclic) bond motifs is 1. The Bertz CT molecular complexity index is 906. The average Bonchev–Trinajstić information content (AvgIpc) is 3.07. The van der Waals surface area contributed by atoms with Gasteiger partial charge in [-0.05, 0) is 30.5 Å². The summed E-state index contributed by atoms with van der Waals surface area (Å²) in [4.78, 5) is 1.92. The van der Waals surface area contributed by atoms with Crippen LogP contribution in [0.5, 0.6) is 0 Å². The van der Waals surface area contributed by atoms with Crippen LogP contribution in [0.3, 0.4) is 0 Å². The summed E-state index contributed by atoms with van der Waals surface area (Å²) < 4.78 is 35.7. The Kier molecular flexibility index (Phi) is 10.9. The first-order valence-electron chi connectivity index (χ1n) is 11.2. The fourth-order valence-electron chi connectivity index (χ4n) is 4.22. The van der Waals surface area contributed by atoms with Gasteiger partial charge in [0.2, 0.25) is 0 Å². The third-order valence-electron chi connectivity index (χ3n) is 5.78. The van der Waals surface area contributed by atoms with Gasteiger partial charge in [-0.3, -0.25) is 0 Å². The minimum Gasteiger partial charge on any atom is -0.744 e. The summed E-state index contributed by atoms with van der Waals surface area (Å²) in [6.45, 7) is 2.80. The Hall–Kier alpha value is -1.05. The molecule has 1 unspecified atom stereocenters. The fraction of sp³-hybridized carbons (Fsp3) is 0.500. The number of nitrogens with zero attached hydrogens (tertiary/aromatic N) is 1. The molecule has 31 heavy (non-hydrogen) atoms. The van der Waals surface area contributed by atoms with Crippen molar-refractivity contribution in [3.63, 3.8) is 0 Å². The Labute approximate surface area is 209 Å². The molecule has 7 heteroatoms. The van der Waals surface area contributed by atoms with Gasteiger partial charge in [0.1, 0.15) is 10.1 Å². The molecule has 0 aromatic heterocycles. The van der Waals surface area contributed by atoms with Crippen LogP contribution in [0.25, 0.3) is 0 Å². The first-order chi connectivity index (χ1) is 14.5. The van der Waals surface area contributed by atoms with Gasteiger partial charge < -0.3 is 14.8 Å². The van der Waals surface area contributed by atoms with Crippen molar-refractivity contribution in [1.29, 1.82) is 0 Å². The first kappa shape index (κ1) is 26.2. The molecule has 1 N–H and O–H groups in total. The number of anilines is 2. The fourth-order valence-corrected chi connectivity index (χ4v) is 4.93. The van der Waals surface area contributed by atoms with Crippen molar-refractivity contribution in [2.45, 2.75) is 82.3 Å². The third kappa shape index (κ3) is 7.50. The van der Waals surface area contributed by atoms with Crippen molar-refractivity contribution in [3.05, 3.63) is 54.1 Å². The topological polar surface area (TPSA) is 72.5 Å². The molecule has 0 saturated carbocycles. The van der Waals surface area contributed by atoms with Crippen LogP contribution >= 0.6 is 0 Å². The van der Waals surface area contributed by atoms with Gasteiger partial charge in [-0.2, -0.15) is 0 Å². The van der Waals surface area contributed by atoms with Crippen LogP contribution in [0.15, 0.2) is 53.4 Å². The number of hydrogen-bond donors (Lipinski definition) is 1. The van der Waals surface area contributed by atoms with Crippen LogP contribution < -0.4 is 39.8 Å². The van der Waals surface area contributed by atoms with E-state index in [-0.39, 0.29) is 40.6 Å². The number of para-hydroxylation sites is 1. The molecule has 0 bridgehead atoms. The van der Waals surface area contributed by atoms with Gasteiger partial charge >= 0.3 is 29.6 Å². The van der Waals surface area contributed by atoms with E-state index in [9.17, 15) is 13.0 Å². The largest absolute Gasteiger partial charge is 1.00 e. The minimum atomic E-state index is -4.55. The Balaban J connectivity index is 0.00000341. The predicted octanol–water partition coefficient (Wildman–Crippen LogP) is 2.88. The molecular weight excluding hydrogens is 419 g/mol. The number of nitrogens with one attached hydrogen (secondary N) is 1. The molecule has 0 amide bonds. The maximum absolute atomic E-state index is 11.9. The Morgan fingerprint density at radius 2 is 1.55 bits per heavy atom. The van der Waals surface area contributed by atoms with Crippen LogP contribution in [0, 0.1) is 0 Å². The van der Waals surface area contributed by atoms with E-state index in [0.717, 1.165) is 24.1 Å². The van der Waals surface area contributed by atoms with E-state index < -0.39 is 10.1 Å². The zero-order valence-electron chi connectivity index (χ0n) is 18.8. The molecule has 0 radical (unpaired) electrons. The molecule has 1 atom stereocenters. The second kappa shape index (κ2) is 12.9. The first-order valence-corrected chi connectivity index (χ1v) is 12.6. The smallest absolute Gasteiger partial charge is 0.744 e. The van der Waals surface area contributed by atoms with E-state index in [1.807, 2.05) is 36.4 Å². The van der Waals surface area contributed by atoms with Gasteiger partial charge in [0, 0.05) is 6.54 Å². The van der Waals surface area contributed by atoms with Crippen molar-refractivity contribution >= 4 is 21.5 Å². The molecule has 164 valence electrons. The number of unbranched alkanes of at least 4 members (excludes halogenated alkanes) is 7. The summed E-state index contributed by atoms with van der Waals surface area (Å²) in [6.07, 6.45) is 10.9. The average molecular weight is 453 g/mol. The minimum absolute atomic E-state index is 0. The quantitative estimate of drug-likeness (QED) is 0.305. The van der Waals surface area contributed by atoms with E-state index in [4.69, 9.17) is 0 Å². The van der Waals surface area contributed by atoms with Crippen LogP contribution in [-0.2, 0) is 16.7 Å². The number of rotatable bonds is 12. The van der Waals surface area contributed by atoms with E-state index in [1.165, 1.54) is 51.0 Å². The molecule has 5 nitrogen and oxygen atoms in total. The molecule has 0 saturated heterocycles. The van der Waals surface area contributed by atoms with Crippen LogP contribution in [0.1, 0.15) is 70.3 Å². The monoisotopic (exact) mass is 452 g/mol. The zero-order chi connectivity index (χ0) is 21.4. The van der Waals surface area contributed by atoms with Gasteiger partial charge in [-0.1, -0.05) is 88.3 Å². The molecule has 0 aliphatic carbocycles. The van der Waals surface area contributed by atoms with Crippen LogP contribution in [0.4, 0.5) is 11.4 Å². The molecule has 3 rings (SSSR count). The van der Waals surface area contributed by atoms with E-state index in [0.29, 0.717) is 12.2 Å². The molecule has 1 aliphatic heterocycles. The van der Waals surface area contributed by atoms with Crippen molar-refractivity contribution in [2.24, 2.45) is 0 Å². The Morgan fingerprint density at radius 1 is 0.903 bits per heavy atom. The number of benzene rings is 2. The maximum atomic E-state index is 11.9. The summed E-state index contributed by atoms with van der Waals surface area (Å²) in [5.74, 6) is 0. The molecule has 0 fully saturated rings. The van der Waals surface area contributed by atoms with Gasteiger partial charge in [-0.15, -0.1) is 0 Å². The van der Waals surface area contributed by atoms with Crippen LogP contribution in [0.2, 0.25) is 0 Å². The SMILES string of the molecule is CCCCCCCCCCC1Nc2cccc(S(=O)(=O)[O-])c2N1Cc1ccccc1.[Na+]. The van der Waals surface area contributed by atoms with E-state index in [2.05, 4.69) is 17.1 Å². The third-order valence-corrected chi connectivity index (χ3v) is 6.65. The normalized spacial score (nSPS) is 15.3. The molecule has 1 aliphatic rings. The molecular formula is C24H33N2NaO3S. The summed E-state index contributed by atoms with van der Waals surface area (Å²) >= 11 is 0. The zero-order valence-corrected chi connectivity index (χ0v) is 21.7. The van der Waals surface area contributed by atoms with Gasteiger partial charge in [0.25, 0.3) is 0 Å². The summed E-state index contributed by atoms with van der Waals surface area (Å²) in [5, 5.41) is 3.46. The summed E-state index contributed by atoms with van der Waals surface area (Å²) in [5.41, 5.74) is 2.33. The second-order valence-corrected chi connectivity index (χ2v) is 9.49.